The first kappa shape index (κ1) is 16.1. The smallest absolute Gasteiger partial charge is 0.328 e. The van der Waals surface area contributed by atoms with E-state index in [0.29, 0.717) is 6.61 Å². The van der Waals surface area contributed by atoms with E-state index in [2.05, 4.69) is 16.8 Å². The quantitative estimate of drug-likeness (QED) is 0.818. The highest BCUT2D eigenvalue weighted by Gasteiger charge is 2.18. The predicted molar refractivity (Wildman–Crippen MR) is 83.2 cm³/mol. The van der Waals surface area contributed by atoms with Gasteiger partial charge in [0, 0.05) is 19.7 Å². The Balaban J connectivity index is 2.08. The number of ether oxygens (including phenoxy) is 1. The number of methoxy groups -OCH3 is 1. The molecule has 0 spiro atoms. The molecule has 2 heterocycles. The van der Waals surface area contributed by atoms with Gasteiger partial charge >= 0.3 is 5.97 Å². The van der Waals surface area contributed by atoms with Crippen molar-refractivity contribution in [2.75, 3.05) is 20.2 Å². The molecule has 21 heavy (non-hydrogen) atoms. The number of carboxylic acids is 1. The van der Waals surface area contributed by atoms with Gasteiger partial charge in [-0.2, -0.15) is 0 Å². The zero-order valence-electron chi connectivity index (χ0n) is 12.5. The van der Waals surface area contributed by atoms with Crippen molar-refractivity contribution >= 4 is 23.4 Å². The fourth-order valence-corrected chi connectivity index (χ4v) is 3.64. The molecule has 6 heteroatoms. The van der Waals surface area contributed by atoms with Crippen LogP contribution in [-0.4, -0.2) is 41.2 Å². The fourth-order valence-electron chi connectivity index (χ4n) is 2.62. The molecule has 1 unspecified atom stereocenters. The van der Waals surface area contributed by atoms with Gasteiger partial charge in [0.15, 0.2) is 0 Å². The van der Waals surface area contributed by atoms with Gasteiger partial charge in [-0.1, -0.05) is 6.92 Å². The van der Waals surface area contributed by atoms with E-state index in [4.69, 9.17) is 9.84 Å². The first-order valence-electron chi connectivity index (χ1n) is 7.19. The normalized spacial score (nSPS) is 20.2. The van der Waals surface area contributed by atoms with E-state index in [0.717, 1.165) is 47.2 Å². The molecule has 0 aromatic carbocycles. The van der Waals surface area contributed by atoms with Crippen LogP contribution in [0.5, 0.6) is 0 Å². The average molecular weight is 310 g/mol. The van der Waals surface area contributed by atoms with Crippen molar-refractivity contribution < 1.29 is 14.6 Å². The predicted octanol–water partition coefficient (Wildman–Crippen LogP) is 2.62. The lowest BCUT2D eigenvalue weighted by Crippen LogP contribution is -2.33. The second-order valence-corrected chi connectivity index (χ2v) is 6.62. The van der Waals surface area contributed by atoms with Crippen LogP contribution in [-0.2, 0) is 22.7 Å². The van der Waals surface area contributed by atoms with Crippen molar-refractivity contribution in [3.05, 3.63) is 21.7 Å². The molecule has 0 amide bonds. The molecule has 1 aliphatic heterocycles. The summed E-state index contributed by atoms with van der Waals surface area (Å²) < 4.78 is 5.14. The highest BCUT2D eigenvalue weighted by atomic mass is 32.1. The molecule has 0 aliphatic carbocycles. The van der Waals surface area contributed by atoms with Crippen LogP contribution in [0, 0.1) is 5.92 Å². The molecule has 1 saturated heterocycles. The zero-order valence-corrected chi connectivity index (χ0v) is 13.4. The number of nitrogens with zero attached hydrogens (tertiary/aromatic N) is 2. The molecule has 1 aromatic heterocycles. The molecule has 0 radical (unpaired) electrons. The first-order valence-corrected chi connectivity index (χ1v) is 8.01. The summed E-state index contributed by atoms with van der Waals surface area (Å²) >= 11 is 1.55. The van der Waals surface area contributed by atoms with Crippen molar-refractivity contribution in [3.63, 3.8) is 0 Å². The van der Waals surface area contributed by atoms with Crippen LogP contribution in [0.1, 0.15) is 35.3 Å². The number of aromatic nitrogens is 1. The van der Waals surface area contributed by atoms with Gasteiger partial charge in [-0.05, 0) is 31.4 Å². The summed E-state index contributed by atoms with van der Waals surface area (Å²) in [5, 5.41) is 9.78. The highest BCUT2D eigenvalue weighted by molar-refractivity contribution is 7.12. The number of hydrogen-bond donors (Lipinski definition) is 1. The van der Waals surface area contributed by atoms with Crippen LogP contribution in [0.2, 0.25) is 0 Å². The Morgan fingerprint density at radius 2 is 2.43 bits per heavy atom. The van der Waals surface area contributed by atoms with Crippen molar-refractivity contribution in [2.45, 2.75) is 32.9 Å². The Kier molecular flexibility index (Phi) is 5.90. The first-order chi connectivity index (χ1) is 10.1. The lowest BCUT2D eigenvalue weighted by Gasteiger charge is -2.29. The van der Waals surface area contributed by atoms with Crippen LogP contribution >= 0.6 is 11.3 Å². The number of hydrogen-bond acceptors (Lipinski definition) is 5. The van der Waals surface area contributed by atoms with Crippen LogP contribution in [0.4, 0.5) is 0 Å². The molecular formula is C15H22N2O3S. The third kappa shape index (κ3) is 4.91. The number of piperidine rings is 1. The number of likely N-dealkylation sites (tertiary alicyclic amines) is 1. The maximum atomic E-state index is 10.7. The van der Waals surface area contributed by atoms with Gasteiger partial charge in [-0.3, -0.25) is 4.90 Å². The van der Waals surface area contributed by atoms with Gasteiger partial charge in [-0.25, -0.2) is 9.78 Å². The SMILES string of the molecule is COCc1nc(CN2CCCC(C)C2)sc1/C=C/C(=O)O. The fraction of sp³-hybridized carbons (Fsp3) is 0.600. The maximum Gasteiger partial charge on any atom is 0.328 e. The average Bonchev–Trinajstić information content (AvgIpc) is 2.79. The summed E-state index contributed by atoms with van der Waals surface area (Å²) in [6.07, 6.45) is 5.30. The molecule has 1 fully saturated rings. The molecule has 5 nitrogen and oxygen atoms in total. The van der Waals surface area contributed by atoms with E-state index in [1.165, 1.54) is 12.8 Å². The maximum absolute atomic E-state index is 10.7. The van der Waals surface area contributed by atoms with Crippen LogP contribution < -0.4 is 0 Å². The van der Waals surface area contributed by atoms with E-state index in [1.54, 1.807) is 24.5 Å². The number of carboxylic acid groups (broad SMARTS) is 1. The summed E-state index contributed by atoms with van der Waals surface area (Å²) in [5.74, 6) is -0.207. The van der Waals surface area contributed by atoms with Gasteiger partial charge in [0.1, 0.15) is 5.01 Å². The molecular weight excluding hydrogens is 288 g/mol. The van der Waals surface area contributed by atoms with Gasteiger partial charge in [-0.15, -0.1) is 11.3 Å². The topological polar surface area (TPSA) is 62.7 Å². The summed E-state index contributed by atoms with van der Waals surface area (Å²) in [4.78, 5) is 18.6. The molecule has 1 aliphatic rings. The molecule has 1 atom stereocenters. The molecule has 1 aromatic rings. The van der Waals surface area contributed by atoms with E-state index >= 15 is 0 Å². The van der Waals surface area contributed by atoms with Crippen LogP contribution in [0.3, 0.4) is 0 Å². The molecule has 116 valence electrons. The van der Waals surface area contributed by atoms with Crippen molar-refractivity contribution in [3.8, 4) is 0 Å². The minimum absolute atomic E-state index is 0.409. The number of thiazole rings is 1. The van der Waals surface area contributed by atoms with E-state index in [1.807, 2.05) is 0 Å². The van der Waals surface area contributed by atoms with Gasteiger partial charge in [0.25, 0.3) is 0 Å². The standard InChI is InChI=1S/C15H22N2O3S/c1-11-4-3-7-17(8-11)9-14-16-12(10-20-2)13(21-14)5-6-15(18)19/h5-6,11H,3-4,7-10H2,1-2H3,(H,18,19)/b6-5+. The monoisotopic (exact) mass is 310 g/mol. The van der Waals surface area contributed by atoms with Crippen LogP contribution in [0.25, 0.3) is 6.08 Å². The Bertz CT molecular complexity index is 513. The van der Waals surface area contributed by atoms with Gasteiger partial charge in [0.05, 0.1) is 23.7 Å². The summed E-state index contributed by atoms with van der Waals surface area (Å²) in [5.41, 5.74) is 0.819. The van der Waals surface area contributed by atoms with Crippen molar-refractivity contribution in [2.24, 2.45) is 5.92 Å². The summed E-state index contributed by atoms with van der Waals surface area (Å²) in [6, 6.07) is 0. The molecule has 1 N–H and O–H groups in total. The summed E-state index contributed by atoms with van der Waals surface area (Å²) in [7, 11) is 1.62. The second kappa shape index (κ2) is 7.68. The Labute approximate surface area is 129 Å². The van der Waals surface area contributed by atoms with Gasteiger partial charge < -0.3 is 9.84 Å². The number of aliphatic carboxylic acids is 1. The largest absolute Gasteiger partial charge is 0.478 e. The summed E-state index contributed by atoms with van der Waals surface area (Å²) in [6.45, 7) is 5.76. The minimum Gasteiger partial charge on any atom is -0.478 e. The van der Waals surface area contributed by atoms with E-state index in [-0.39, 0.29) is 0 Å². The van der Waals surface area contributed by atoms with E-state index in [9.17, 15) is 4.79 Å². The lowest BCUT2D eigenvalue weighted by atomic mass is 10.0. The molecule has 0 bridgehead atoms. The number of carbonyl (C=O) groups is 1. The minimum atomic E-state index is -0.946. The van der Waals surface area contributed by atoms with Crippen molar-refractivity contribution in [1.29, 1.82) is 0 Å². The second-order valence-electron chi connectivity index (χ2n) is 5.51. The Hall–Kier alpha value is -1.24. The third-order valence-electron chi connectivity index (χ3n) is 3.53. The highest BCUT2D eigenvalue weighted by Crippen LogP contribution is 2.24. The number of rotatable bonds is 6. The van der Waals surface area contributed by atoms with Gasteiger partial charge in [0.2, 0.25) is 0 Å². The van der Waals surface area contributed by atoms with Crippen molar-refractivity contribution in [1.82, 2.24) is 9.88 Å². The Morgan fingerprint density at radius 3 is 3.10 bits per heavy atom. The van der Waals surface area contributed by atoms with E-state index < -0.39 is 5.97 Å². The lowest BCUT2D eigenvalue weighted by molar-refractivity contribution is -0.131. The Morgan fingerprint density at radius 1 is 1.62 bits per heavy atom. The molecule has 2 rings (SSSR count). The third-order valence-corrected chi connectivity index (χ3v) is 4.58. The zero-order chi connectivity index (χ0) is 15.2. The van der Waals surface area contributed by atoms with Crippen LogP contribution in [0.15, 0.2) is 6.08 Å². The molecule has 0 saturated carbocycles.